The third-order valence-corrected chi connectivity index (χ3v) is 7.62. The summed E-state index contributed by atoms with van der Waals surface area (Å²) in [6, 6.07) is 15.0. The highest BCUT2D eigenvalue weighted by atomic mass is 32.1. The van der Waals surface area contributed by atoms with Gasteiger partial charge in [-0.05, 0) is 47.3 Å². The highest BCUT2D eigenvalue weighted by Gasteiger charge is 2.35. The molecule has 7 nitrogen and oxygen atoms in total. The van der Waals surface area contributed by atoms with Gasteiger partial charge in [-0.2, -0.15) is 5.10 Å². The van der Waals surface area contributed by atoms with Crippen molar-refractivity contribution in [3.05, 3.63) is 93.7 Å². The first-order chi connectivity index (χ1) is 18.5. The average Bonchev–Trinajstić information content (AvgIpc) is 3.62. The number of carbonyl (C=O) groups excluding carboxylic acids is 2. The number of hydrazone groups is 1. The molecular weight excluding hydrogens is 510 g/mol. The number of benzene rings is 2. The van der Waals surface area contributed by atoms with Crippen molar-refractivity contribution in [1.82, 2.24) is 14.8 Å². The van der Waals surface area contributed by atoms with Crippen molar-refractivity contribution >= 4 is 28.9 Å². The Bertz CT molecular complexity index is 1290. The van der Waals surface area contributed by atoms with Crippen LogP contribution in [0.3, 0.4) is 0 Å². The first kappa shape index (κ1) is 26.1. The molecule has 1 atom stereocenters. The van der Waals surface area contributed by atoms with Gasteiger partial charge in [0, 0.05) is 38.2 Å². The molecule has 0 bridgehead atoms. The summed E-state index contributed by atoms with van der Waals surface area (Å²) >= 11 is 1.53. The molecule has 3 heterocycles. The zero-order valence-electron chi connectivity index (χ0n) is 20.8. The Kier molecular flexibility index (Phi) is 8.21. The lowest BCUT2D eigenvalue weighted by molar-refractivity contribution is -0.133. The summed E-state index contributed by atoms with van der Waals surface area (Å²) in [4.78, 5) is 31.7. The molecule has 1 aromatic heterocycles. The predicted octanol–water partition coefficient (Wildman–Crippen LogP) is 4.18. The number of nitrogens with zero attached hydrogens (tertiary/aromatic N) is 4. The molecule has 2 aliphatic rings. The Balaban J connectivity index is 1.39. The van der Waals surface area contributed by atoms with Crippen LogP contribution >= 0.6 is 11.3 Å². The Labute approximate surface area is 223 Å². The van der Waals surface area contributed by atoms with Crippen LogP contribution in [0, 0.1) is 11.6 Å². The number of hydrogen-bond donors (Lipinski definition) is 0. The molecule has 0 unspecified atom stereocenters. The normalized spacial score (nSPS) is 17.9. The van der Waals surface area contributed by atoms with E-state index in [9.17, 15) is 18.4 Å². The van der Waals surface area contributed by atoms with E-state index in [2.05, 4.69) is 10.0 Å². The molecule has 0 saturated carbocycles. The lowest BCUT2D eigenvalue weighted by atomic mass is 10.0. The first-order valence-corrected chi connectivity index (χ1v) is 13.4. The largest absolute Gasteiger partial charge is 0.379 e. The highest BCUT2D eigenvalue weighted by molar-refractivity contribution is 7.12. The van der Waals surface area contributed by atoms with Crippen LogP contribution in [-0.2, 0) is 9.53 Å². The van der Waals surface area contributed by atoms with Crippen LogP contribution in [0.1, 0.15) is 33.3 Å². The second-order valence-corrected chi connectivity index (χ2v) is 10.2. The summed E-state index contributed by atoms with van der Waals surface area (Å²) in [6.45, 7) is 3.33. The highest BCUT2D eigenvalue weighted by Crippen LogP contribution is 2.34. The van der Waals surface area contributed by atoms with Gasteiger partial charge < -0.3 is 9.64 Å². The van der Waals surface area contributed by atoms with E-state index in [1.165, 1.54) is 51.6 Å². The maximum absolute atomic E-state index is 13.9. The molecule has 0 radical (unpaired) electrons. The molecule has 1 fully saturated rings. The van der Waals surface area contributed by atoms with Crippen molar-refractivity contribution in [2.24, 2.45) is 5.10 Å². The van der Waals surface area contributed by atoms with Gasteiger partial charge in [0.05, 0.1) is 29.8 Å². The topological polar surface area (TPSA) is 65.5 Å². The van der Waals surface area contributed by atoms with Crippen LogP contribution in [0.25, 0.3) is 0 Å². The fourth-order valence-corrected chi connectivity index (χ4v) is 5.38. The third-order valence-electron chi connectivity index (χ3n) is 6.70. The van der Waals surface area contributed by atoms with Gasteiger partial charge in [0.15, 0.2) is 0 Å². The Morgan fingerprint density at radius 2 is 1.82 bits per heavy atom. The Hall–Kier alpha value is -3.47. The van der Waals surface area contributed by atoms with Crippen molar-refractivity contribution in [3.8, 4) is 0 Å². The number of ether oxygens (including phenoxy) is 1. The van der Waals surface area contributed by atoms with Crippen molar-refractivity contribution in [3.63, 3.8) is 0 Å². The van der Waals surface area contributed by atoms with E-state index in [1.54, 1.807) is 18.2 Å². The lowest BCUT2D eigenvalue weighted by Gasteiger charge is -2.31. The maximum Gasteiger partial charge on any atom is 0.262 e. The van der Waals surface area contributed by atoms with E-state index in [0.717, 1.165) is 29.2 Å². The minimum atomic E-state index is -0.517. The molecule has 10 heteroatoms. The summed E-state index contributed by atoms with van der Waals surface area (Å²) < 4.78 is 32.9. The van der Waals surface area contributed by atoms with Crippen LogP contribution in [-0.4, -0.2) is 78.3 Å². The Morgan fingerprint density at radius 1 is 1.03 bits per heavy atom. The molecule has 2 aliphatic heterocycles. The lowest BCUT2D eigenvalue weighted by Crippen LogP contribution is -2.46. The quantitative estimate of drug-likeness (QED) is 0.432. The number of hydrogen-bond acceptors (Lipinski definition) is 6. The molecule has 2 amide bonds. The number of rotatable bonds is 8. The molecule has 3 aromatic rings. The molecular formula is C28H28F2N4O3S. The number of morpholine rings is 1. The van der Waals surface area contributed by atoms with Gasteiger partial charge >= 0.3 is 0 Å². The van der Waals surface area contributed by atoms with Gasteiger partial charge in [-0.3, -0.25) is 14.5 Å². The van der Waals surface area contributed by atoms with E-state index >= 15 is 0 Å². The third kappa shape index (κ3) is 6.15. The molecule has 0 N–H and O–H groups in total. The van der Waals surface area contributed by atoms with Gasteiger partial charge in [0.25, 0.3) is 11.8 Å². The van der Waals surface area contributed by atoms with Crippen LogP contribution in [0.2, 0.25) is 0 Å². The van der Waals surface area contributed by atoms with Gasteiger partial charge in [-0.25, -0.2) is 13.8 Å². The predicted molar refractivity (Wildman–Crippen MR) is 141 cm³/mol. The van der Waals surface area contributed by atoms with E-state index in [0.29, 0.717) is 26.2 Å². The minimum absolute atomic E-state index is 0.180. The number of thiophene rings is 1. The number of carbonyl (C=O) groups is 2. The molecule has 198 valence electrons. The van der Waals surface area contributed by atoms with E-state index in [-0.39, 0.29) is 30.4 Å². The SMILES string of the molecule is O=C(c1cccc(F)c1)N(CCN1CCOCC1)CC(=O)N1N=C(c2cccs2)C[C@H]1c1ccc(F)cc1. The van der Waals surface area contributed by atoms with Crippen LogP contribution < -0.4 is 0 Å². The first-order valence-electron chi connectivity index (χ1n) is 12.5. The average molecular weight is 539 g/mol. The minimum Gasteiger partial charge on any atom is -0.379 e. The number of halogens is 2. The maximum atomic E-state index is 13.9. The standard InChI is InChI=1S/C28H28F2N4O3S/c29-22-8-6-20(7-9-22)25-18-24(26-5-2-16-38-26)31-34(25)27(35)19-33(11-10-32-12-14-37-15-13-32)28(36)21-3-1-4-23(30)17-21/h1-9,16-17,25H,10-15,18-19H2/t25-/m0/s1. The van der Waals surface area contributed by atoms with E-state index in [1.807, 2.05) is 17.5 Å². The van der Waals surface area contributed by atoms with Gasteiger partial charge in [-0.1, -0.05) is 24.3 Å². The zero-order valence-corrected chi connectivity index (χ0v) is 21.6. The van der Waals surface area contributed by atoms with Crippen molar-refractivity contribution < 1.29 is 23.1 Å². The number of amides is 2. The summed E-state index contributed by atoms with van der Waals surface area (Å²) in [7, 11) is 0. The summed E-state index contributed by atoms with van der Waals surface area (Å²) in [5.74, 6) is -1.67. The summed E-state index contributed by atoms with van der Waals surface area (Å²) in [5, 5.41) is 8.00. The van der Waals surface area contributed by atoms with E-state index < -0.39 is 17.8 Å². The van der Waals surface area contributed by atoms with Gasteiger partial charge in [0.2, 0.25) is 0 Å². The second-order valence-electron chi connectivity index (χ2n) is 9.22. The van der Waals surface area contributed by atoms with Crippen LogP contribution in [0.5, 0.6) is 0 Å². The van der Waals surface area contributed by atoms with Crippen molar-refractivity contribution in [2.45, 2.75) is 12.5 Å². The molecule has 0 aliphatic carbocycles. The van der Waals surface area contributed by atoms with Gasteiger partial charge in [-0.15, -0.1) is 11.3 Å². The Morgan fingerprint density at radius 3 is 2.53 bits per heavy atom. The summed E-state index contributed by atoms with van der Waals surface area (Å²) in [5.41, 5.74) is 1.70. The van der Waals surface area contributed by atoms with E-state index in [4.69, 9.17) is 4.74 Å². The summed E-state index contributed by atoms with van der Waals surface area (Å²) in [6.07, 6.45) is 0.476. The molecule has 2 aromatic carbocycles. The zero-order chi connectivity index (χ0) is 26.5. The van der Waals surface area contributed by atoms with Gasteiger partial charge in [0.1, 0.15) is 18.2 Å². The smallest absolute Gasteiger partial charge is 0.262 e. The molecule has 38 heavy (non-hydrogen) atoms. The van der Waals surface area contributed by atoms with Crippen molar-refractivity contribution in [2.75, 3.05) is 45.9 Å². The van der Waals surface area contributed by atoms with Crippen LogP contribution in [0.15, 0.2) is 71.1 Å². The van der Waals surface area contributed by atoms with Crippen molar-refractivity contribution in [1.29, 1.82) is 0 Å². The fraction of sp³-hybridized carbons (Fsp3) is 0.321. The molecule has 5 rings (SSSR count). The second kappa shape index (κ2) is 11.9. The molecule has 0 spiro atoms. The molecule has 1 saturated heterocycles. The fourth-order valence-electron chi connectivity index (χ4n) is 4.66. The monoisotopic (exact) mass is 538 g/mol. The van der Waals surface area contributed by atoms with Crippen LogP contribution in [0.4, 0.5) is 8.78 Å².